The summed E-state index contributed by atoms with van der Waals surface area (Å²) in [5, 5.41) is 3.22. The van der Waals surface area contributed by atoms with Gasteiger partial charge in [0.1, 0.15) is 5.82 Å². The molecular weight excluding hydrogens is 164 g/mol. The van der Waals surface area contributed by atoms with Crippen molar-refractivity contribution in [3.05, 3.63) is 18.3 Å². The van der Waals surface area contributed by atoms with Gasteiger partial charge < -0.3 is 16.8 Å². The molecule has 0 saturated heterocycles. The molecule has 0 fully saturated rings. The van der Waals surface area contributed by atoms with Crippen LogP contribution >= 0.6 is 0 Å². The Bertz CT molecular complexity index is 244. The van der Waals surface area contributed by atoms with Crippen molar-refractivity contribution in [1.29, 1.82) is 0 Å². The van der Waals surface area contributed by atoms with Crippen molar-refractivity contribution in [2.45, 2.75) is 19.4 Å². The lowest BCUT2D eigenvalue weighted by Crippen LogP contribution is -2.19. The van der Waals surface area contributed by atoms with Crippen molar-refractivity contribution in [3.63, 3.8) is 0 Å². The monoisotopic (exact) mass is 180 g/mol. The molecule has 1 aromatic rings. The molecule has 0 aromatic carbocycles. The van der Waals surface area contributed by atoms with Crippen molar-refractivity contribution in [2.75, 3.05) is 17.6 Å². The van der Waals surface area contributed by atoms with Crippen molar-refractivity contribution in [2.24, 2.45) is 5.73 Å². The average molecular weight is 180 g/mol. The van der Waals surface area contributed by atoms with Gasteiger partial charge in [0, 0.05) is 6.04 Å². The summed E-state index contributed by atoms with van der Waals surface area (Å²) in [7, 11) is 0. The van der Waals surface area contributed by atoms with E-state index in [-0.39, 0.29) is 0 Å². The molecule has 1 atom stereocenters. The minimum Gasteiger partial charge on any atom is -0.397 e. The number of anilines is 2. The van der Waals surface area contributed by atoms with Gasteiger partial charge in [-0.2, -0.15) is 0 Å². The van der Waals surface area contributed by atoms with E-state index in [1.54, 1.807) is 6.20 Å². The molecule has 4 heteroatoms. The Balaban J connectivity index is 2.49. The summed E-state index contributed by atoms with van der Waals surface area (Å²) >= 11 is 0. The van der Waals surface area contributed by atoms with Gasteiger partial charge in [0.25, 0.3) is 0 Å². The molecule has 0 bridgehead atoms. The van der Waals surface area contributed by atoms with Gasteiger partial charge in [-0.1, -0.05) is 0 Å². The third kappa shape index (κ3) is 3.29. The molecule has 1 aromatic heterocycles. The number of nitrogens with one attached hydrogen (secondary N) is 1. The summed E-state index contributed by atoms with van der Waals surface area (Å²) in [6.07, 6.45) is 2.57. The predicted molar refractivity (Wildman–Crippen MR) is 55.4 cm³/mol. The number of nitrogen functional groups attached to an aromatic ring is 1. The second-order valence-corrected chi connectivity index (χ2v) is 3.10. The molecule has 0 saturated carbocycles. The standard InChI is InChI=1S/C9H16N4/c1-7(4-5-10)13-9-3-2-8(11)6-12-9/h2-3,6-7H,4-5,10-11H2,1H3,(H,12,13). The Kier molecular flexibility index (Phi) is 3.52. The largest absolute Gasteiger partial charge is 0.397 e. The van der Waals surface area contributed by atoms with E-state index >= 15 is 0 Å². The summed E-state index contributed by atoms with van der Waals surface area (Å²) in [6, 6.07) is 4.04. The Morgan fingerprint density at radius 3 is 2.85 bits per heavy atom. The molecule has 0 spiro atoms. The Hall–Kier alpha value is -1.29. The molecule has 0 aliphatic rings. The molecule has 1 unspecified atom stereocenters. The van der Waals surface area contributed by atoms with Gasteiger partial charge in [-0.3, -0.25) is 0 Å². The van der Waals surface area contributed by atoms with Gasteiger partial charge in [0.15, 0.2) is 0 Å². The van der Waals surface area contributed by atoms with Crippen LogP contribution in [0.3, 0.4) is 0 Å². The summed E-state index contributed by atoms with van der Waals surface area (Å²) in [4.78, 5) is 4.12. The molecule has 1 heterocycles. The Morgan fingerprint density at radius 1 is 1.54 bits per heavy atom. The van der Waals surface area contributed by atoms with Crippen molar-refractivity contribution in [3.8, 4) is 0 Å². The molecule has 5 N–H and O–H groups in total. The normalized spacial score (nSPS) is 12.5. The number of nitrogens with zero attached hydrogens (tertiary/aromatic N) is 1. The van der Waals surface area contributed by atoms with Gasteiger partial charge in [-0.25, -0.2) is 4.98 Å². The highest BCUT2D eigenvalue weighted by molar-refractivity contribution is 5.44. The molecule has 0 aliphatic carbocycles. The lowest BCUT2D eigenvalue weighted by Gasteiger charge is -2.12. The van der Waals surface area contributed by atoms with Crippen LogP contribution in [0.1, 0.15) is 13.3 Å². The van der Waals surface area contributed by atoms with Crippen molar-refractivity contribution < 1.29 is 0 Å². The van der Waals surface area contributed by atoms with E-state index in [0.717, 1.165) is 12.2 Å². The van der Waals surface area contributed by atoms with Gasteiger partial charge >= 0.3 is 0 Å². The smallest absolute Gasteiger partial charge is 0.126 e. The summed E-state index contributed by atoms with van der Waals surface area (Å²) < 4.78 is 0. The maximum absolute atomic E-state index is 5.51. The highest BCUT2D eigenvalue weighted by Gasteiger charge is 2.00. The fourth-order valence-electron chi connectivity index (χ4n) is 1.07. The third-order valence-electron chi connectivity index (χ3n) is 1.78. The van der Waals surface area contributed by atoms with Crippen LogP contribution in [0, 0.1) is 0 Å². The van der Waals surface area contributed by atoms with Crippen molar-refractivity contribution in [1.82, 2.24) is 4.98 Å². The number of pyridine rings is 1. The van der Waals surface area contributed by atoms with Crippen LogP contribution in [0.4, 0.5) is 11.5 Å². The second kappa shape index (κ2) is 4.67. The molecular formula is C9H16N4. The van der Waals surface area contributed by atoms with E-state index in [9.17, 15) is 0 Å². The molecule has 1 rings (SSSR count). The number of nitrogens with two attached hydrogens (primary N) is 2. The first-order valence-corrected chi connectivity index (χ1v) is 4.40. The summed E-state index contributed by atoms with van der Waals surface area (Å²) in [5.41, 5.74) is 11.6. The van der Waals surface area contributed by atoms with Gasteiger partial charge in [0.2, 0.25) is 0 Å². The van der Waals surface area contributed by atoms with Crippen LogP contribution in [0.15, 0.2) is 18.3 Å². The van der Waals surface area contributed by atoms with Crippen molar-refractivity contribution >= 4 is 11.5 Å². The van der Waals surface area contributed by atoms with Gasteiger partial charge in [-0.05, 0) is 32.0 Å². The van der Waals surface area contributed by atoms with E-state index in [1.807, 2.05) is 12.1 Å². The topological polar surface area (TPSA) is 77.0 Å². The van der Waals surface area contributed by atoms with Crippen LogP contribution in [-0.2, 0) is 0 Å². The summed E-state index contributed by atoms with van der Waals surface area (Å²) in [5.74, 6) is 0.843. The summed E-state index contributed by atoms with van der Waals surface area (Å²) in [6.45, 7) is 2.76. The third-order valence-corrected chi connectivity index (χ3v) is 1.78. The first-order chi connectivity index (χ1) is 6.22. The lowest BCUT2D eigenvalue weighted by atomic mass is 10.2. The molecule has 0 amide bonds. The van der Waals surface area contributed by atoms with E-state index in [2.05, 4.69) is 17.2 Å². The quantitative estimate of drug-likeness (QED) is 0.641. The molecule has 0 radical (unpaired) electrons. The predicted octanol–water partition coefficient (Wildman–Crippen LogP) is 0.813. The zero-order valence-electron chi connectivity index (χ0n) is 7.83. The SMILES string of the molecule is CC(CCN)Nc1ccc(N)cn1. The van der Waals surface area contributed by atoms with Crippen LogP contribution in [0.5, 0.6) is 0 Å². The highest BCUT2D eigenvalue weighted by Crippen LogP contribution is 2.07. The van der Waals surface area contributed by atoms with Crippen LogP contribution in [-0.4, -0.2) is 17.6 Å². The number of rotatable bonds is 4. The molecule has 4 nitrogen and oxygen atoms in total. The first-order valence-electron chi connectivity index (χ1n) is 4.40. The number of hydrogen-bond donors (Lipinski definition) is 3. The van der Waals surface area contributed by atoms with Gasteiger partial charge in [-0.15, -0.1) is 0 Å². The highest BCUT2D eigenvalue weighted by atomic mass is 15.0. The molecule has 72 valence electrons. The van der Waals surface area contributed by atoms with Crippen LogP contribution in [0.2, 0.25) is 0 Å². The Morgan fingerprint density at radius 2 is 2.31 bits per heavy atom. The zero-order chi connectivity index (χ0) is 9.68. The first kappa shape index (κ1) is 9.80. The van der Waals surface area contributed by atoms with Crippen LogP contribution in [0.25, 0.3) is 0 Å². The number of hydrogen-bond acceptors (Lipinski definition) is 4. The lowest BCUT2D eigenvalue weighted by molar-refractivity contribution is 0.713. The zero-order valence-corrected chi connectivity index (χ0v) is 7.83. The van der Waals surface area contributed by atoms with Gasteiger partial charge in [0.05, 0.1) is 11.9 Å². The number of aromatic nitrogens is 1. The minimum atomic E-state index is 0.348. The van der Waals surface area contributed by atoms with E-state index in [0.29, 0.717) is 18.3 Å². The molecule has 0 aliphatic heterocycles. The van der Waals surface area contributed by atoms with E-state index < -0.39 is 0 Å². The maximum Gasteiger partial charge on any atom is 0.126 e. The maximum atomic E-state index is 5.51. The fourth-order valence-corrected chi connectivity index (χ4v) is 1.07. The minimum absolute atomic E-state index is 0.348. The second-order valence-electron chi connectivity index (χ2n) is 3.10. The average Bonchev–Trinajstić information content (AvgIpc) is 2.09. The molecule has 13 heavy (non-hydrogen) atoms. The Labute approximate surface area is 78.3 Å². The fraction of sp³-hybridized carbons (Fsp3) is 0.444. The van der Waals surface area contributed by atoms with Crippen LogP contribution < -0.4 is 16.8 Å². The van der Waals surface area contributed by atoms with E-state index in [1.165, 1.54) is 0 Å². The van der Waals surface area contributed by atoms with E-state index in [4.69, 9.17) is 11.5 Å².